The Morgan fingerprint density at radius 3 is 2.94 bits per heavy atom. The second-order valence-electron chi connectivity index (χ2n) is 7.18. The molecule has 0 spiro atoms. The van der Waals surface area contributed by atoms with Crippen molar-refractivity contribution in [2.24, 2.45) is 0 Å². The second-order valence-corrected chi connectivity index (χ2v) is 8.86. The molecule has 31 heavy (non-hydrogen) atoms. The van der Waals surface area contributed by atoms with E-state index in [4.69, 9.17) is 26.4 Å². The maximum Gasteiger partial charge on any atom is 0.266 e. The Hall–Kier alpha value is -2.55. The van der Waals surface area contributed by atoms with Crippen molar-refractivity contribution in [2.75, 3.05) is 27.0 Å². The molecule has 1 fully saturated rings. The predicted octanol–water partition coefficient (Wildman–Crippen LogP) is 4.20. The van der Waals surface area contributed by atoms with Crippen molar-refractivity contribution in [3.8, 4) is 17.2 Å². The van der Waals surface area contributed by atoms with Gasteiger partial charge in [0.25, 0.3) is 5.91 Å². The fourth-order valence-electron chi connectivity index (χ4n) is 3.38. The van der Waals surface area contributed by atoms with Gasteiger partial charge in [-0.25, -0.2) is 0 Å². The number of nitrogens with zero attached hydrogens (tertiary/aromatic N) is 1. The van der Waals surface area contributed by atoms with Gasteiger partial charge in [0.05, 0.1) is 12.0 Å². The van der Waals surface area contributed by atoms with Gasteiger partial charge in [-0.15, -0.1) is 0 Å². The normalized spacial score (nSPS) is 16.4. The number of hydrogen-bond acceptors (Lipinski definition) is 7. The van der Waals surface area contributed by atoms with Crippen LogP contribution in [0.1, 0.15) is 24.0 Å². The zero-order chi connectivity index (χ0) is 21.6. The molecule has 0 saturated carbocycles. The van der Waals surface area contributed by atoms with E-state index in [2.05, 4.69) is 11.4 Å². The molecule has 2 aliphatic heterocycles. The maximum atomic E-state index is 12.8. The van der Waals surface area contributed by atoms with E-state index in [-0.39, 0.29) is 12.7 Å². The van der Waals surface area contributed by atoms with Crippen LogP contribution in [-0.4, -0.2) is 42.1 Å². The first-order valence-corrected chi connectivity index (χ1v) is 11.4. The number of nitrogens with one attached hydrogen (secondary N) is 1. The highest BCUT2D eigenvalue weighted by atomic mass is 32.2. The maximum absolute atomic E-state index is 12.8. The summed E-state index contributed by atoms with van der Waals surface area (Å²) in [4.78, 5) is 15.1. The van der Waals surface area contributed by atoms with Crippen molar-refractivity contribution in [3.05, 3.63) is 58.5 Å². The Morgan fingerprint density at radius 2 is 2.06 bits per heavy atom. The second kappa shape index (κ2) is 10.2. The Bertz CT molecular complexity index is 1010. The van der Waals surface area contributed by atoms with Gasteiger partial charge < -0.3 is 19.5 Å². The Morgan fingerprint density at radius 1 is 1.19 bits per heavy atom. The number of methoxy groups -OCH3 is 1. The Balaban J connectivity index is 1.23. The number of unbranched alkanes of at least 4 members (excludes halogenated alkanes) is 1. The quantitative estimate of drug-likeness (QED) is 0.345. The molecule has 2 aromatic carbocycles. The molecule has 8 heteroatoms. The number of hydrogen-bond donors (Lipinski definition) is 1. The summed E-state index contributed by atoms with van der Waals surface area (Å²) >= 11 is 6.78. The topological polar surface area (TPSA) is 60.0 Å². The number of carbonyl (C=O) groups is 1. The van der Waals surface area contributed by atoms with Crippen molar-refractivity contribution >= 4 is 40.3 Å². The van der Waals surface area contributed by atoms with E-state index in [1.807, 2.05) is 42.5 Å². The fraction of sp³-hybridized carbons (Fsp3) is 0.304. The number of thiocarbonyl (C=S) groups is 1. The molecule has 2 heterocycles. The molecular weight excluding hydrogens is 432 g/mol. The van der Waals surface area contributed by atoms with Crippen LogP contribution >= 0.6 is 24.0 Å². The van der Waals surface area contributed by atoms with Crippen LogP contribution in [0.15, 0.2) is 47.4 Å². The van der Waals surface area contributed by atoms with Crippen molar-refractivity contribution in [2.45, 2.75) is 19.4 Å². The molecule has 0 unspecified atom stereocenters. The lowest BCUT2D eigenvalue weighted by atomic mass is 10.2. The lowest BCUT2D eigenvalue weighted by molar-refractivity contribution is -0.122. The first-order chi connectivity index (χ1) is 15.1. The fourth-order valence-corrected chi connectivity index (χ4v) is 4.69. The van der Waals surface area contributed by atoms with Gasteiger partial charge in [-0.3, -0.25) is 9.69 Å². The Kier molecular flexibility index (Phi) is 7.11. The van der Waals surface area contributed by atoms with Crippen LogP contribution in [0.2, 0.25) is 0 Å². The number of amides is 1. The molecule has 4 rings (SSSR count). The van der Waals surface area contributed by atoms with Gasteiger partial charge >= 0.3 is 0 Å². The molecule has 0 aliphatic carbocycles. The van der Waals surface area contributed by atoms with Crippen molar-refractivity contribution in [1.29, 1.82) is 0 Å². The van der Waals surface area contributed by atoms with Crippen LogP contribution in [-0.2, 0) is 11.3 Å². The largest absolute Gasteiger partial charge is 0.497 e. The summed E-state index contributed by atoms with van der Waals surface area (Å²) in [5.74, 6) is 2.26. The van der Waals surface area contributed by atoms with E-state index in [0.29, 0.717) is 21.5 Å². The third-order valence-corrected chi connectivity index (χ3v) is 6.39. The lowest BCUT2D eigenvalue weighted by Gasteiger charge is -2.14. The van der Waals surface area contributed by atoms with Gasteiger partial charge in [0, 0.05) is 13.1 Å². The first kappa shape index (κ1) is 21.7. The molecule has 6 nitrogen and oxygen atoms in total. The summed E-state index contributed by atoms with van der Waals surface area (Å²) < 4.78 is 16.6. The van der Waals surface area contributed by atoms with Crippen LogP contribution in [0.5, 0.6) is 17.2 Å². The van der Waals surface area contributed by atoms with E-state index in [0.717, 1.165) is 43.0 Å². The monoisotopic (exact) mass is 456 g/mol. The zero-order valence-corrected chi connectivity index (χ0v) is 18.9. The SMILES string of the molecule is COc1cccc(CNCCCCN2C(=O)/C(=C/c3ccc4c(c3)OCO4)SC2=S)c1. The van der Waals surface area contributed by atoms with Gasteiger partial charge in [-0.05, 0) is 60.9 Å². The third-order valence-electron chi connectivity index (χ3n) is 5.02. The average Bonchev–Trinajstić information content (AvgIpc) is 3.35. The third kappa shape index (κ3) is 5.39. The minimum atomic E-state index is -0.0305. The van der Waals surface area contributed by atoms with Crippen molar-refractivity contribution in [1.82, 2.24) is 10.2 Å². The lowest BCUT2D eigenvalue weighted by Crippen LogP contribution is -2.29. The number of rotatable bonds is 9. The van der Waals surface area contributed by atoms with Crippen LogP contribution < -0.4 is 19.5 Å². The average molecular weight is 457 g/mol. The molecule has 1 amide bonds. The van der Waals surface area contributed by atoms with E-state index in [9.17, 15) is 4.79 Å². The summed E-state index contributed by atoms with van der Waals surface area (Å²) in [6, 6.07) is 13.7. The minimum absolute atomic E-state index is 0.0305. The van der Waals surface area contributed by atoms with Crippen LogP contribution in [0, 0.1) is 0 Å². The van der Waals surface area contributed by atoms with Crippen molar-refractivity contribution in [3.63, 3.8) is 0 Å². The molecule has 0 bridgehead atoms. The van der Waals surface area contributed by atoms with E-state index in [1.165, 1.54) is 17.3 Å². The molecule has 0 aromatic heterocycles. The highest BCUT2D eigenvalue weighted by Crippen LogP contribution is 2.36. The predicted molar refractivity (Wildman–Crippen MR) is 126 cm³/mol. The summed E-state index contributed by atoms with van der Waals surface area (Å²) in [7, 11) is 1.67. The summed E-state index contributed by atoms with van der Waals surface area (Å²) in [5, 5.41) is 3.43. The smallest absolute Gasteiger partial charge is 0.266 e. The number of fused-ring (bicyclic) bond motifs is 1. The summed E-state index contributed by atoms with van der Waals surface area (Å²) in [5.41, 5.74) is 2.08. The van der Waals surface area contributed by atoms with Gasteiger partial charge in [0.2, 0.25) is 6.79 Å². The molecular formula is C23H24N2O4S2. The van der Waals surface area contributed by atoms with Crippen LogP contribution in [0.25, 0.3) is 6.08 Å². The molecule has 1 N–H and O–H groups in total. The molecule has 162 valence electrons. The van der Waals surface area contributed by atoms with E-state index in [1.54, 1.807) is 12.0 Å². The number of carbonyl (C=O) groups excluding carboxylic acids is 1. The highest BCUT2D eigenvalue weighted by molar-refractivity contribution is 8.26. The van der Waals surface area contributed by atoms with Gasteiger partial charge in [0.15, 0.2) is 11.5 Å². The number of ether oxygens (including phenoxy) is 3. The standard InChI is InChI=1S/C23H24N2O4S2/c1-27-18-6-4-5-17(11-18)14-24-9-2-3-10-25-22(26)21(31-23(25)30)13-16-7-8-19-20(12-16)29-15-28-19/h4-8,11-13,24H,2-3,9-10,14-15H2,1H3/b21-13-. The van der Waals surface area contributed by atoms with Gasteiger partial charge in [0.1, 0.15) is 10.1 Å². The number of benzene rings is 2. The summed E-state index contributed by atoms with van der Waals surface area (Å²) in [6.07, 6.45) is 3.70. The molecule has 0 radical (unpaired) electrons. The van der Waals surface area contributed by atoms with Gasteiger partial charge in [-0.1, -0.05) is 42.2 Å². The van der Waals surface area contributed by atoms with E-state index >= 15 is 0 Å². The minimum Gasteiger partial charge on any atom is -0.497 e. The van der Waals surface area contributed by atoms with Crippen LogP contribution in [0.4, 0.5) is 0 Å². The molecule has 2 aliphatic rings. The summed E-state index contributed by atoms with van der Waals surface area (Å²) in [6.45, 7) is 2.52. The van der Waals surface area contributed by atoms with Gasteiger partial charge in [-0.2, -0.15) is 0 Å². The first-order valence-electron chi connectivity index (χ1n) is 10.1. The Labute approximate surface area is 191 Å². The molecule has 0 atom stereocenters. The molecule has 1 saturated heterocycles. The van der Waals surface area contributed by atoms with Crippen molar-refractivity contribution < 1.29 is 19.0 Å². The van der Waals surface area contributed by atoms with Crippen LogP contribution in [0.3, 0.4) is 0 Å². The highest BCUT2D eigenvalue weighted by Gasteiger charge is 2.31. The van der Waals surface area contributed by atoms with E-state index < -0.39 is 0 Å². The molecule has 2 aromatic rings. The number of thioether (sulfide) groups is 1. The zero-order valence-electron chi connectivity index (χ0n) is 17.3.